The standard InChI is InChI=1S/C18H26N2O3S2/c1-2-3-15-8-14(10-24-15)18(21)20-7-6-19(9-13-4-5-13)16-11-25(22,23)12-17(16)20/h8,10,13,16-17H,2-7,9,11-12H2,1H3/t16-,17+/m1/s1. The van der Waals surface area contributed by atoms with E-state index in [0.717, 1.165) is 37.4 Å². The fraction of sp³-hybridized carbons (Fsp3) is 0.722. The smallest absolute Gasteiger partial charge is 0.255 e. The van der Waals surface area contributed by atoms with E-state index >= 15 is 0 Å². The van der Waals surface area contributed by atoms with Gasteiger partial charge in [0.2, 0.25) is 0 Å². The monoisotopic (exact) mass is 382 g/mol. The van der Waals surface area contributed by atoms with Gasteiger partial charge in [-0.15, -0.1) is 11.3 Å². The van der Waals surface area contributed by atoms with Crippen LogP contribution in [0.25, 0.3) is 0 Å². The summed E-state index contributed by atoms with van der Waals surface area (Å²) in [6.07, 6.45) is 4.58. The summed E-state index contributed by atoms with van der Waals surface area (Å²) >= 11 is 1.63. The minimum Gasteiger partial charge on any atom is -0.332 e. The van der Waals surface area contributed by atoms with Gasteiger partial charge < -0.3 is 4.90 Å². The van der Waals surface area contributed by atoms with Crippen LogP contribution in [0.2, 0.25) is 0 Å². The Balaban J connectivity index is 1.54. The highest BCUT2D eigenvalue weighted by atomic mass is 32.2. The maximum absolute atomic E-state index is 13.0. The number of rotatable bonds is 5. The molecule has 1 amide bonds. The third-order valence-electron chi connectivity index (χ3n) is 5.64. The van der Waals surface area contributed by atoms with Crippen molar-refractivity contribution in [1.82, 2.24) is 9.80 Å². The normalized spacial score (nSPS) is 28.9. The zero-order valence-corrected chi connectivity index (χ0v) is 16.3. The number of thiophene rings is 1. The van der Waals surface area contributed by atoms with Gasteiger partial charge in [0, 0.05) is 35.9 Å². The molecule has 0 N–H and O–H groups in total. The molecule has 1 aliphatic carbocycles. The molecule has 25 heavy (non-hydrogen) atoms. The number of carbonyl (C=O) groups is 1. The van der Waals surface area contributed by atoms with Gasteiger partial charge in [0.05, 0.1) is 23.1 Å². The maximum atomic E-state index is 13.0. The van der Waals surface area contributed by atoms with Gasteiger partial charge in [-0.2, -0.15) is 0 Å². The quantitative estimate of drug-likeness (QED) is 0.782. The Morgan fingerprint density at radius 3 is 2.72 bits per heavy atom. The number of amides is 1. The molecule has 2 atom stereocenters. The van der Waals surface area contributed by atoms with E-state index in [1.165, 1.54) is 17.7 Å². The van der Waals surface area contributed by atoms with E-state index in [0.29, 0.717) is 6.54 Å². The molecule has 0 radical (unpaired) electrons. The van der Waals surface area contributed by atoms with Crippen molar-refractivity contribution in [3.63, 3.8) is 0 Å². The summed E-state index contributed by atoms with van der Waals surface area (Å²) in [5.74, 6) is 1.08. The molecule has 7 heteroatoms. The third-order valence-corrected chi connectivity index (χ3v) is 8.33. The fourth-order valence-corrected chi connectivity index (χ4v) is 7.15. The minimum absolute atomic E-state index is 0.0109. The summed E-state index contributed by atoms with van der Waals surface area (Å²) in [5.41, 5.74) is 0.729. The van der Waals surface area contributed by atoms with Crippen LogP contribution in [0.5, 0.6) is 0 Å². The van der Waals surface area contributed by atoms with Gasteiger partial charge in [-0.3, -0.25) is 9.69 Å². The van der Waals surface area contributed by atoms with E-state index in [1.807, 2.05) is 16.3 Å². The van der Waals surface area contributed by atoms with Gasteiger partial charge in [0.15, 0.2) is 9.84 Å². The van der Waals surface area contributed by atoms with Crippen molar-refractivity contribution < 1.29 is 13.2 Å². The first-order chi connectivity index (χ1) is 12.0. The molecule has 4 rings (SSSR count). The molecule has 2 saturated heterocycles. The van der Waals surface area contributed by atoms with Crippen LogP contribution in [0.3, 0.4) is 0 Å². The lowest BCUT2D eigenvalue weighted by atomic mass is 10.0. The molecule has 1 aromatic heterocycles. The molecular formula is C18H26N2O3S2. The molecule has 3 heterocycles. The lowest BCUT2D eigenvalue weighted by Crippen LogP contribution is -2.60. The molecule has 0 unspecified atom stereocenters. The molecule has 2 aliphatic heterocycles. The predicted octanol–water partition coefficient (Wildman–Crippen LogP) is 2.03. The Kier molecular flexibility index (Phi) is 4.67. The summed E-state index contributed by atoms with van der Waals surface area (Å²) in [6, 6.07) is 1.79. The minimum atomic E-state index is -3.06. The molecule has 1 aromatic rings. The summed E-state index contributed by atoms with van der Waals surface area (Å²) < 4.78 is 24.6. The van der Waals surface area contributed by atoms with Crippen molar-refractivity contribution in [2.45, 2.75) is 44.7 Å². The van der Waals surface area contributed by atoms with Crippen LogP contribution in [0.1, 0.15) is 41.4 Å². The van der Waals surface area contributed by atoms with Gasteiger partial charge in [-0.1, -0.05) is 13.3 Å². The van der Waals surface area contributed by atoms with E-state index in [2.05, 4.69) is 11.8 Å². The van der Waals surface area contributed by atoms with Crippen LogP contribution in [0.15, 0.2) is 11.4 Å². The van der Waals surface area contributed by atoms with Gasteiger partial charge in [0.25, 0.3) is 5.91 Å². The highest BCUT2D eigenvalue weighted by Gasteiger charge is 2.48. The van der Waals surface area contributed by atoms with Crippen LogP contribution in [-0.4, -0.2) is 67.3 Å². The molecular weight excluding hydrogens is 356 g/mol. The number of hydrogen-bond donors (Lipinski definition) is 0. The topological polar surface area (TPSA) is 57.7 Å². The Morgan fingerprint density at radius 1 is 1.24 bits per heavy atom. The first kappa shape index (κ1) is 17.5. The van der Waals surface area contributed by atoms with Crippen molar-refractivity contribution in [2.75, 3.05) is 31.1 Å². The number of sulfone groups is 1. The molecule has 0 bridgehead atoms. The number of carbonyl (C=O) groups excluding carboxylic acids is 1. The molecule has 0 aromatic carbocycles. The molecule has 138 valence electrons. The summed E-state index contributed by atoms with van der Waals surface area (Å²) in [7, 11) is -3.06. The van der Waals surface area contributed by atoms with E-state index in [4.69, 9.17) is 0 Å². The first-order valence-electron chi connectivity index (χ1n) is 9.29. The second kappa shape index (κ2) is 6.67. The second-order valence-corrected chi connectivity index (χ2v) is 10.8. The fourth-order valence-electron chi connectivity index (χ4n) is 4.17. The van der Waals surface area contributed by atoms with Crippen LogP contribution in [0.4, 0.5) is 0 Å². The lowest BCUT2D eigenvalue weighted by Gasteiger charge is -2.44. The number of nitrogens with zero attached hydrogens (tertiary/aromatic N) is 2. The molecule has 3 fully saturated rings. The second-order valence-electron chi connectivity index (χ2n) is 7.70. The van der Waals surface area contributed by atoms with E-state index in [-0.39, 0.29) is 29.5 Å². The summed E-state index contributed by atoms with van der Waals surface area (Å²) in [5, 5.41) is 1.93. The number of aryl methyl sites for hydroxylation is 1. The molecule has 3 aliphatic rings. The van der Waals surface area contributed by atoms with Crippen molar-refractivity contribution in [1.29, 1.82) is 0 Å². The Bertz CT molecular complexity index is 754. The zero-order valence-electron chi connectivity index (χ0n) is 14.7. The Hall–Kier alpha value is -0.920. The van der Waals surface area contributed by atoms with Gasteiger partial charge in [0.1, 0.15) is 0 Å². The van der Waals surface area contributed by atoms with E-state index in [1.54, 1.807) is 11.3 Å². The van der Waals surface area contributed by atoms with Crippen molar-refractivity contribution in [3.8, 4) is 0 Å². The Morgan fingerprint density at radius 2 is 2.00 bits per heavy atom. The van der Waals surface area contributed by atoms with Crippen molar-refractivity contribution in [3.05, 3.63) is 21.9 Å². The predicted molar refractivity (Wildman–Crippen MR) is 99.9 cm³/mol. The molecule has 0 spiro atoms. The lowest BCUT2D eigenvalue weighted by molar-refractivity contribution is 0.0318. The van der Waals surface area contributed by atoms with Crippen LogP contribution >= 0.6 is 11.3 Å². The highest BCUT2D eigenvalue weighted by molar-refractivity contribution is 7.91. The maximum Gasteiger partial charge on any atom is 0.255 e. The SMILES string of the molecule is CCCc1cc(C(=O)N2CCN(CC3CC3)[C@@H]3CS(=O)(=O)C[C@@H]32)cs1. The van der Waals surface area contributed by atoms with Crippen LogP contribution in [0, 0.1) is 5.92 Å². The number of hydrogen-bond acceptors (Lipinski definition) is 5. The number of piperazine rings is 1. The molecule has 1 saturated carbocycles. The van der Waals surface area contributed by atoms with Crippen LogP contribution in [-0.2, 0) is 16.3 Å². The highest BCUT2D eigenvalue weighted by Crippen LogP contribution is 2.34. The summed E-state index contributed by atoms with van der Waals surface area (Å²) in [4.78, 5) is 18.4. The number of fused-ring (bicyclic) bond motifs is 1. The molecule has 5 nitrogen and oxygen atoms in total. The van der Waals surface area contributed by atoms with Crippen molar-refractivity contribution >= 4 is 27.1 Å². The van der Waals surface area contributed by atoms with Crippen LogP contribution < -0.4 is 0 Å². The largest absolute Gasteiger partial charge is 0.332 e. The summed E-state index contributed by atoms with van der Waals surface area (Å²) in [6.45, 7) is 4.57. The van der Waals surface area contributed by atoms with Gasteiger partial charge >= 0.3 is 0 Å². The van der Waals surface area contributed by atoms with Gasteiger partial charge in [-0.25, -0.2) is 8.42 Å². The Labute approximate surface area is 153 Å². The third kappa shape index (κ3) is 3.64. The average molecular weight is 383 g/mol. The zero-order chi connectivity index (χ0) is 17.6. The average Bonchev–Trinajstić information content (AvgIpc) is 3.13. The van der Waals surface area contributed by atoms with E-state index in [9.17, 15) is 13.2 Å². The van der Waals surface area contributed by atoms with Gasteiger partial charge in [-0.05, 0) is 31.2 Å². The van der Waals surface area contributed by atoms with Crippen molar-refractivity contribution in [2.24, 2.45) is 5.92 Å². The first-order valence-corrected chi connectivity index (χ1v) is 12.0. The van der Waals surface area contributed by atoms with E-state index < -0.39 is 9.84 Å².